The molecule has 8 heteroatoms. The number of likely N-dealkylation sites (tertiary alicyclic amines) is 2. The van der Waals surface area contributed by atoms with E-state index >= 15 is 0 Å². The normalized spacial score (nSPS) is 20.7. The monoisotopic (exact) mass is 371 g/mol. The van der Waals surface area contributed by atoms with Crippen molar-refractivity contribution in [2.45, 2.75) is 31.7 Å². The van der Waals surface area contributed by atoms with Crippen LogP contribution in [0.1, 0.15) is 36.0 Å². The minimum atomic E-state index is -1.05. The molecule has 0 saturated carbocycles. The standard InChI is InChI=1S/C19H25N5O3/c20-22-16(11-18(25)26)12-21-15-5-3-4-14(10-15)19(27)24-9-6-17(13-24)23-7-1-2-8-23/h3-5,10,12,17,20-21H,1-2,6-9,11,13H2,(H,25,26)/b16-12-,22-20?. The first kappa shape index (κ1) is 19.0. The van der Waals surface area contributed by atoms with Crippen LogP contribution in [-0.4, -0.2) is 59.0 Å². The van der Waals surface area contributed by atoms with Crippen LogP contribution in [-0.2, 0) is 4.79 Å². The number of rotatable bonds is 7. The number of amides is 1. The quantitative estimate of drug-likeness (QED) is 0.639. The molecular weight excluding hydrogens is 346 g/mol. The Morgan fingerprint density at radius 3 is 2.78 bits per heavy atom. The third-order valence-electron chi connectivity index (χ3n) is 5.10. The Kier molecular flexibility index (Phi) is 6.18. The van der Waals surface area contributed by atoms with Crippen molar-refractivity contribution in [1.29, 1.82) is 5.53 Å². The van der Waals surface area contributed by atoms with E-state index in [2.05, 4.69) is 15.3 Å². The molecule has 0 radical (unpaired) electrons. The van der Waals surface area contributed by atoms with Crippen molar-refractivity contribution in [3.8, 4) is 0 Å². The van der Waals surface area contributed by atoms with Gasteiger partial charge in [0, 0.05) is 36.6 Å². The van der Waals surface area contributed by atoms with E-state index < -0.39 is 5.97 Å². The lowest BCUT2D eigenvalue weighted by Gasteiger charge is -2.23. The summed E-state index contributed by atoms with van der Waals surface area (Å²) in [5.41, 5.74) is 8.38. The predicted molar refractivity (Wildman–Crippen MR) is 101 cm³/mol. The summed E-state index contributed by atoms with van der Waals surface area (Å²) in [6, 6.07) is 7.56. The molecule has 1 aromatic carbocycles. The molecule has 1 aromatic rings. The van der Waals surface area contributed by atoms with Crippen molar-refractivity contribution in [3.05, 3.63) is 41.7 Å². The van der Waals surface area contributed by atoms with Crippen LogP contribution in [0.3, 0.4) is 0 Å². The number of nitrogens with zero attached hydrogens (tertiary/aromatic N) is 3. The molecule has 144 valence electrons. The fourth-order valence-corrected chi connectivity index (χ4v) is 3.70. The molecule has 2 aliphatic heterocycles. The van der Waals surface area contributed by atoms with Gasteiger partial charge < -0.3 is 15.3 Å². The van der Waals surface area contributed by atoms with Gasteiger partial charge in [-0.2, -0.15) is 5.11 Å². The van der Waals surface area contributed by atoms with Gasteiger partial charge in [0.1, 0.15) is 0 Å². The Bertz CT molecular complexity index is 743. The molecule has 1 atom stereocenters. The topological polar surface area (TPSA) is 109 Å². The van der Waals surface area contributed by atoms with Crippen molar-refractivity contribution in [3.63, 3.8) is 0 Å². The summed E-state index contributed by atoms with van der Waals surface area (Å²) in [4.78, 5) is 28.0. The first-order chi connectivity index (χ1) is 13.1. The zero-order valence-corrected chi connectivity index (χ0v) is 15.2. The summed E-state index contributed by atoms with van der Waals surface area (Å²) in [6.45, 7) is 3.82. The minimum Gasteiger partial charge on any atom is -0.481 e. The van der Waals surface area contributed by atoms with Crippen LogP contribution in [0.2, 0.25) is 0 Å². The molecule has 3 rings (SSSR count). The predicted octanol–water partition coefficient (Wildman–Crippen LogP) is 2.76. The van der Waals surface area contributed by atoms with Crippen LogP contribution in [0.4, 0.5) is 5.69 Å². The van der Waals surface area contributed by atoms with Gasteiger partial charge >= 0.3 is 5.97 Å². The maximum atomic E-state index is 12.8. The molecule has 3 N–H and O–H groups in total. The minimum absolute atomic E-state index is 0.0141. The van der Waals surface area contributed by atoms with Crippen LogP contribution in [0.15, 0.2) is 41.3 Å². The molecule has 2 fully saturated rings. The average Bonchev–Trinajstić information content (AvgIpc) is 3.35. The highest BCUT2D eigenvalue weighted by atomic mass is 16.4. The number of nitrogens with one attached hydrogen (secondary N) is 2. The van der Waals surface area contributed by atoms with E-state index in [1.807, 2.05) is 4.90 Å². The molecule has 0 bridgehead atoms. The van der Waals surface area contributed by atoms with Gasteiger partial charge in [0.2, 0.25) is 0 Å². The van der Waals surface area contributed by atoms with Gasteiger partial charge in [-0.05, 0) is 50.6 Å². The molecule has 27 heavy (non-hydrogen) atoms. The van der Waals surface area contributed by atoms with Crippen molar-refractivity contribution in [2.75, 3.05) is 31.5 Å². The first-order valence-electron chi connectivity index (χ1n) is 9.25. The van der Waals surface area contributed by atoms with Crippen molar-refractivity contribution in [2.24, 2.45) is 5.11 Å². The summed E-state index contributed by atoms with van der Waals surface area (Å²) >= 11 is 0. The molecule has 2 heterocycles. The van der Waals surface area contributed by atoms with Crippen LogP contribution < -0.4 is 5.32 Å². The number of hydrogen-bond donors (Lipinski definition) is 3. The van der Waals surface area contributed by atoms with E-state index in [1.54, 1.807) is 24.3 Å². The number of carboxylic acid groups (broad SMARTS) is 1. The smallest absolute Gasteiger partial charge is 0.309 e. The van der Waals surface area contributed by atoms with E-state index in [0.717, 1.165) is 32.6 Å². The van der Waals surface area contributed by atoms with Gasteiger partial charge in [-0.3, -0.25) is 14.5 Å². The number of carboxylic acids is 1. The van der Waals surface area contributed by atoms with Crippen LogP contribution in [0.25, 0.3) is 0 Å². The van der Waals surface area contributed by atoms with E-state index in [4.69, 9.17) is 10.6 Å². The average molecular weight is 371 g/mol. The Balaban J connectivity index is 1.62. The lowest BCUT2D eigenvalue weighted by atomic mass is 10.1. The summed E-state index contributed by atoms with van der Waals surface area (Å²) in [5, 5.41) is 14.9. The molecule has 0 aromatic heterocycles. The second kappa shape index (κ2) is 8.77. The molecular formula is C19H25N5O3. The number of carbonyl (C=O) groups is 2. The number of carbonyl (C=O) groups excluding carboxylic acids is 1. The van der Waals surface area contributed by atoms with Crippen molar-refractivity contribution in [1.82, 2.24) is 9.80 Å². The fourth-order valence-electron chi connectivity index (χ4n) is 3.70. The van der Waals surface area contributed by atoms with E-state index in [9.17, 15) is 9.59 Å². The number of hydrogen-bond acceptors (Lipinski definition) is 6. The molecule has 1 unspecified atom stereocenters. The van der Waals surface area contributed by atoms with Crippen molar-refractivity contribution >= 4 is 17.6 Å². The van der Waals surface area contributed by atoms with Gasteiger partial charge in [0.15, 0.2) is 0 Å². The van der Waals surface area contributed by atoms with Gasteiger partial charge in [0.25, 0.3) is 5.91 Å². The second-order valence-electron chi connectivity index (χ2n) is 6.98. The number of aliphatic carboxylic acids is 1. The third-order valence-corrected chi connectivity index (χ3v) is 5.10. The van der Waals surface area contributed by atoms with Crippen LogP contribution in [0, 0.1) is 5.53 Å². The summed E-state index contributed by atoms with van der Waals surface area (Å²) in [5.74, 6) is -1.04. The zero-order valence-electron chi connectivity index (χ0n) is 15.2. The van der Waals surface area contributed by atoms with Crippen LogP contribution in [0.5, 0.6) is 0 Å². The van der Waals surface area contributed by atoms with E-state index in [1.165, 1.54) is 19.0 Å². The highest BCUT2D eigenvalue weighted by Crippen LogP contribution is 2.22. The third kappa shape index (κ3) is 4.91. The van der Waals surface area contributed by atoms with Gasteiger partial charge in [0.05, 0.1) is 12.1 Å². The highest BCUT2D eigenvalue weighted by molar-refractivity contribution is 5.95. The second-order valence-corrected chi connectivity index (χ2v) is 6.98. The lowest BCUT2D eigenvalue weighted by Crippen LogP contribution is -2.37. The maximum Gasteiger partial charge on any atom is 0.309 e. The van der Waals surface area contributed by atoms with Gasteiger partial charge in [-0.15, -0.1) is 0 Å². The van der Waals surface area contributed by atoms with Gasteiger partial charge in [-0.1, -0.05) is 6.07 Å². The fraction of sp³-hybridized carbons (Fsp3) is 0.474. The highest BCUT2D eigenvalue weighted by Gasteiger charge is 2.31. The van der Waals surface area contributed by atoms with Gasteiger partial charge in [-0.25, -0.2) is 5.53 Å². The molecule has 2 saturated heterocycles. The molecule has 1 amide bonds. The number of anilines is 1. The molecule has 0 spiro atoms. The maximum absolute atomic E-state index is 12.8. The lowest BCUT2D eigenvalue weighted by molar-refractivity contribution is -0.136. The molecule has 2 aliphatic rings. The SMILES string of the molecule is N=N/C(=C\Nc1cccc(C(=O)N2CCC(N3CCCC3)C2)c1)CC(=O)O. The zero-order chi connectivity index (χ0) is 19.2. The van der Waals surface area contributed by atoms with E-state index in [-0.39, 0.29) is 18.0 Å². The Labute approximate surface area is 158 Å². The van der Waals surface area contributed by atoms with Crippen LogP contribution >= 0.6 is 0 Å². The largest absolute Gasteiger partial charge is 0.481 e. The first-order valence-corrected chi connectivity index (χ1v) is 9.25. The Morgan fingerprint density at radius 2 is 2.07 bits per heavy atom. The molecule has 8 nitrogen and oxygen atoms in total. The molecule has 0 aliphatic carbocycles. The summed E-state index contributed by atoms with van der Waals surface area (Å²) < 4.78 is 0. The summed E-state index contributed by atoms with van der Waals surface area (Å²) in [7, 11) is 0. The summed E-state index contributed by atoms with van der Waals surface area (Å²) in [6.07, 6.45) is 4.57. The Morgan fingerprint density at radius 1 is 1.30 bits per heavy atom. The number of benzene rings is 1. The van der Waals surface area contributed by atoms with Crippen molar-refractivity contribution < 1.29 is 14.7 Å². The Hall–Kier alpha value is -2.74. The van der Waals surface area contributed by atoms with E-state index in [0.29, 0.717) is 17.3 Å².